The molecule has 3 rings (SSSR count). The number of carbonyl (C=O) groups excluding carboxylic acids is 1. The zero-order chi connectivity index (χ0) is 17.1. The van der Waals surface area contributed by atoms with Crippen LogP contribution in [0, 0.1) is 13.8 Å². The number of aliphatic hydroxyl groups is 1. The third kappa shape index (κ3) is 3.94. The van der Waals surface area contributed by atoms with Crippen LogP contribution in [0.3, 0.4) is 0 Å². The molecule has 0 spiro atoms. The fraction of sp³-hybridized carbons (Fsp3) is 0.444. The highest BCUT2D eigenvalue weighted by Gasteiger charge is 2.26. The summed E-state index contributed by atoms with van der Waals surface area (Å²) in [5, 5.41) is 19.9. The first-order valence-corrected chi connectivity index (χ1v) is 8.37. The highest BCUT2D eigenvalue weighted by Crippen LogP contribution is 2.19. The average Bonchev–Trinajstić information content (AvgIpc) is 3.05. The molecule has 0 radical (unpaired) electrons. The van der Waals surface area contributed by atoms with E-state index in [1.54, 1.807) is 0 Å². The van der Waals surface area contributed by atoms with E-state index in [4.69, 9.17) is 0 Å². The number of hydrogen-bond donors (Lipinski definition) is 3. The summed E-state index contributed by atoms with van der Waals surface area (Å²) >= 11 is 0. The molecule has 6 heteroatoms. The number of anilines is 1. The quantitative estimate of drug-likeness (QED) is 0.807. The number of benzene rings is 1. The van der Waals surface area contributed by atoms with Gasteiger partial charge in [-0.2, -0.15) is 5.10 Å². The number of rotatable bonds is 4. The molecule has 1 fully saturated rings. The van der Waals surface area contributed by atoms with E-state index in [-0.39, 0.29) is 12.1 Å². The van der Waals surface area contributed by atoms with Crippen LogP contribution in [0.1, 0.15) is 36.2 Å². The Morgan fingerprint density at radius 1 is 1.33 bits per heavy atom. The van der Waals surface area contributed by atoms with Crippen molar-refractivity contribution in [3.8, 4) is 0 Å². The monoisotopic (exact) mass is 328 g/mol. The van der Waals surface area contributed by atoms with E-state index in [2.05, 4.69) is 15.7 Å². The van der Waals surface area contributed by atoms with Crippen LogP contribution in [0.4, 0.5) is 10.5 Å². The molecule has 2 amide bonds. The van der Waals surface area contributed by atoms with Gasteiger partial charge in [-0.15, -0.1) is 0 Å². The van der Waals surface area contributed by atoms with Crippen molar-refractivity contribution in [1.82, 2.24) is 15.1 Å². The second-order valence-corrected chi connectivity index (χ2v) is 6.49. The van der Waals surface area contributed by atoms with Crippen LogP contribution >= 0.6 is 0 Å². The number of urea groups is 1. The van der Waals surface area contributed by atoms with Crippen LogP contribution in [0.15, 0.2) is 30.3 Å². The lowest BCUT2D eigenvalue weighted by Crippen LogP contribution is -2.42. The Hall–Kier alpha value is -2.34. The van der Waals surface area contributed by atoms with Crippen molar-refractivity contribution < 1.29 is 9.90 Å². The first-order chi connectivity index (χ1) is 11.5. The normalized spacial score (nSPS) is 20.1. The van der Waals surface area contributed by atoms with E-state index in [0.717, 1.165) is 41.9 Å². The number of carbonyl (C=O) groups is 1. The molecule has 1 heterocycles. The number of nitrogens with zero attached hydrogens (tertiary/aromatic N) is 2. The molecule has 128 valence electrons. The molecule has 1 aliphatic rings. The molecule has 1 aromatic heterocycles. The summed E-state index contributed by atoms with van der Waals surface area (Å²) in [5.41, 5.74) is 3.91. The minimum atomic E-state index is -0.437. The van der Waals surface area contributed by atoms with E-state index in [1.807, 2.05) is 48.9 Å². The molecule has 0 saturated heterocycles. The van der Waals surface area contributed by atoms with Gasteiger partial charge in [0.05, 0.1) is 24.4 Å². The van der Waals surface area contributed by atoms with Crippen molar-refractivity contribution in [2.75, 3.05) is 5.32 Å². The van der Waals surface area contributed by atoms with Crippen LogP contribution in [-0.2, 0) is 6.54 Å². The lowest BCUT2D eigenvalue weighted by atomic mass is 10.2. The molecule has 1 aromatic carbocycles. The van der Waals surface area contributed by atoms with Crippen molar-refractivity contribution >= 4 is 11.7 Å². The number of aryl methyl sites for hydroxylation is 2. The maximum Gasteiger partial charge on any atom is 0.319 e. The summed E-state index contributed by atoms with van der Waals surface area (Å²) in [6, 6.07) is 9.35. The second-order valence-electron chi connectivity index (χ2n) is 6.49. The van der Waals surface area contributed by atoms with Crippen molar-refractivity contribution in [1.29, 1.82) is 0 Å². The first kappa shape index (κ1) is 16.5. The number of amides is 2. The zero-order valence-corrected chi connectivity index (χ0v) is 14.1. The lowest BCUT2D eigenvalue weighted by Gasteiger charge is -2.17. The van der Waals surface area contributed by atoms with Crippen LogP contribution in [-0.4, -0.2) is 33.1 Å². The fourth-order valence-electron chi connectivity index (χ4n) is 3.20. The standard InChI is InChI=1S/C18H24N4O2/c1-12-9-13(2)22(21-12)11-14-5-3-6-15(10-14)19-18(24)20-16-7-4-8-17(16)23/h3,5-6,9-10,16-17,23H,4,7-8,11H2,1-2H3,(H2,19,20,24)/t16-,17-/m1/s1. The largest absolute Gasteiger partial charge is 0.391 e. The topological polar surface area (TPSA) is 79.2 Å². The smallest absolute Gasteiger partial charge is 0.319 e. The van der Waals surface area contributed by atoms with Crippen molar-refractivity contribution in [3.05, 3.63) is 47.3 Å². The van der Waals surface area contributed by atoms with Crippen LogP contribution in [0.5, 0.6) is 0 Å². The van der Waals surface area contributed by atoms with Crippen LogP contribution in [0.25, 0.3) is 0 Å². The number of aromatic nitrogens is 2. The maximum atomic E-state index is 12.1. The Balaban J connectivity index is 1.62. The molecule has 0 unspecified atom stereocenters. The maximum absolute atomic E-state index is 12.1. The fourth-order valence-corrected chi connectivity index (χ4v) is 3.20. The minimum absolute atomic E-state index is 0.150. The van der Waals surface area contributed by atoms with Gasteiger partial charge >= 0.3 is 6.03 Å². The molecule has 6 nitrogen and oxygen atoms in total. The number of aliphatic hydroxyl groups excluding tert-OH is 1. The Bertz CT molecular complexity index is 726. The van der Waals surface area contributed by atoms with E-state index in [9.17, 15) is 9.90 Å². The Morgan fingerprint density at radius 2 is 2.17 bits per heavy atom. The predicted molar refractivity (Wildman–Crippen MR) is 93.0 cm³/mol. The van der Waals surface area contributed by atoms with Gasteiger partial charge in [-0.25, -0.2) is 4.79 Å². The van der Waals surface area contributed by atoms with Gasteiger partial charge < -0.3 is 15.7 Å². The van der Waals surface area contributed by atoms with Gasteiger partial charge in [0.2, 0.25) is 0 Å². The van der Waals surface area contributed by atoms with E-state index < -0.39 is 6.10 Å². The molecule has 0 bridgehead atoms. The van der Waals surface area contributed by atoms with Gasteiger partial charge in [-0.3, -0.25) is 4.68 Å². The van der Waals surface area contributed by atoms with Gasteiger partial charge in [-0.1, -0.05) is 12.1 Å². The molecule has 24 heavy (non-hydrogen) atoms. The third-order valence-electron chi connectivity index (χ3n) is 4.42. The minimum Gasteiger partial charge on any atom is -0.391 e. The SMILES string of the molecule is Cc1cc(C)n(Cc2cccc(NC(=O)N[C@@H]3CCC[C@H]3O)c2)n1. The summed E-state index contributed by atoms with van der Waals surface area (Å²) in [5.74, 6) is 0. The summed E-state index contributed by atoms with van der Waals surface area (Å²) in [6.07, 6.45) is 2.09. The Kier molecular flexibility index (Phi) is 4.85. The molecule has 1 aliphatic carbocycles. The van der Waals surface area contributed by atoms with E-state index in [1.165, 1.54) is 0 Å². The summed E-state index contributed by atoms with van der Waals surface area (Å²) < 4.78 is 1.95. The van der Waals surface area contributed by atoms with Crippen molar-refractivity contribution in [2.45, 2.75) is 51.8 Å². The average molecular weight is 328 g/mol. The number of hydrogen-bond acceptors (Lipinski definition) is 3. The van der Waals surface area contributed by atoms with E-state index >= 15 is 0 Å². The second kappa shape index (κ2) is 7.05. The van der Waals surface area contributed by atoms with Gasteiger partial charge in [-0.05, 0) is 56.9 Å². The van der Waals surface area contributed by atoms with Gasteiger partial charge in [0.1, 0.15) is 0 Å². The molecule has 2 aromatic rings. The van der Waals surface area contributed by atoms with Crippen LogP contribution in [0.2, 0.25) is 0 Å². The molecule has 1 saturated carbocycles. The highest BCUT2D eigenvalue weighted by molar-refractivity contribution is 5.89. The van der Waals surface area contributed by atoms with Crippen LogP contribution < -0.4 is 10.6 Å². The van der Waals surface area contributed by atoms with E-state index in [0.29, 0.717) is 6.54 Å². The van der Waals surface area contributed by atoms with Crippen molar-refractivity contribution in [2.24, 2.45) is 0 Å². The molecule has 0 aliphatic heterocycles. The van der Waals surface area contributed by atoms with Gasteiger partial charge in [0.25, 0.3) is 0 Å². The Morgan fingerprint density at radius 3 is 2.83 bits per heavy atom. The van der Waals surface area contributed by atoms with Crippen molar-refractivity contribution in [3.63, 3.8) is 0 Å². The highest BCUT2D eigenvalue weighted by atomic mass is 16.3. The summed E-state index contributed by atoms with van der Waals surface area (Å²) in [4.78, 5) is 12.1. The Labute approximate surface area is 141 Å². The zero-order valence-electron chi connectivity index (χ0n) is 14.1. The lowest BCUT2D eigenvalue weighted by molar-refractivity contribution is 0.151. The molecule has 3 N–H and O–H groups in total. The number of nitrogens with one attached hydrogen (secondary N) is 2. The third-order valence-corrected chi connectivity index (χ3v) is 4.42. The van der Waals surface area contributed by atoms with Gasteiger partial charge in [0, 0.05) is 11.4 Å². The molecular formula is C18H24N4O2. The summed E-state index contributed by atoms with van der Waals surface area (Å²) in [7, 11) is 0. The molecular weight excluding hydrogens is 304 g/mol. The summed E-state index contributed by atoms with van der Waals surface area (Å²) in [6.45, 7) is 4.67. The molecule has 2 atom stereocenters. The first-order valence-electron chi connectivity index (χ1n) is 8.37. The predicted octanol–water partition coefficient (Wildman–Crippen LogP) is 2.58. The van der Waals surface area contributed by atoms with Gasteiger partial charge in [0.15, 0.2) is 0 Å².